The number of amides is 1. The highest BCUT2D eigenvalue weighted by atomic mass is 79.9. The van der Waals surface area contributed by atoms with Gasteiger partial charge < -0.3 is 19.5 Å². The molecule has 10 heteroatoms. The second-order valence-corrected chi connectivity index (χ2v) is 10.8. The minimum Gasteiger partial charge on any atom is -0.497 e. The number of anilines is 1. The van der Waals surface area contributed by atoms with Crippen molar-refractivity contribution in [3.8, 4) is 17.2 Å². The Hall–Kier alpha value is -4.15. The number of benzene rings is 3. The summed E-state index contributed by atoms with van der Waals surface area (Å²) in [5.74, 6) is 1.41. The van der Waals surface area contributed by atoms with E-state index in [1.165, 1.54) is 11.3 Å². The summed E-state index contributed by atoms with van der Waals surface area (Å²) in [6, 6.07) is 19.3. The molecule has 0 saturated heterocycles. The second-order valence-electron chi connectivity index (χ2n) is 8.90. The lowest BCUT2D eigenvalue weighted by atomic mass is 9.94. The molecule has 5 rings (SSSR count). The Morgan fingerprint density at radius 2 is 1.75 bits per heavy atom. The van der Waals surface area contributed by atoms with E-state index in [0.29, 0.717) is 49.1 Å². The first-order valence-corrected chi connectivity index (χ1v) is 13.9. The number of hydrogen-bond donors (Lipinski definition) is 1. The average molecular weight is 621 g/mol. The van der Waals surface area contributed by atoms with Crippen LogP contribution in [0.15, 0.2) is 92.3 Å². The van der Waals surface area contributed by atoms with Gasteiger partial charge in [0.25, 0.3) is 11.5 Å². The number of allylic oxidation sites excluding steroid dienone is 1. The van der Waals surface area contributed by atoms with Crippen LogP contribution in [-0.2, 0) is 4.79 Å². The molecule has 0 unspecified atom stereocenters. The minimum atomic E-state index is -0.787. The Bertz CT molecular complexity index is 1810. The van der Waals surface area contributed by atoms with E-state index in [9.17, 15) is 9.59 Å². The number of rotatable bonds is 7. The fourth-order valence-corrected chi connectivity index (χ4v) is 6.20. The molecule has 204 valence electrons. The molecule has 0 radical (unpaired) electrons. The Labute approximate surface area is 243 Å². The number of carbonyl (C=O) groups is 1. The van der Waals surface area contributed by atoms with Crippen molar-refractivity contribution in [1.29, 1.82) is 0 Å². The fourth-order valence-electron chi connectivity index (χ4n) is 4.59. The maximum absolute atomic E-state index is 14.0. The van der Waals surface area contributed by atoms with E-state index >= 15 is 0 Å². The number of nitrogens with zero attached hydrogens (tertiary/aromatic N) is 2. The number of para-hydroxylation sites is 1. The van der Waals surface area contributed by atoms with E-state index in [4.69, 9.17) is 19.2 Å². The van der Waals surface area contributed by atoms with Gasteiger partial charge in [0.15, 0.2) is 4.80 Å². The first-order chi connectivity index (χ1) is 19.3. The number of thiazole rings is 1. The summed E-state index contributed by atoms with van der Waals surface area (Å²) < 4.78 is 19.2. The zero-order valence-corrected chi connectivity index (χ0v) is 24.6. The predicted octanol–water partition coefficient (Wildman–Crippen LogP) is 4.66. The molecular formula is C30H26BrN3O5S. The van der Waals surface area contributed by atoms with E-state index < -0.39 is 6.04 Å². The smallest absolute Gasteiger partial charge is 0.271 e. The molecule has 3 aromatic carbocycles. The third-order valence-electron chi connectivity index (χ3n) is 6.51. The van der Waals surface area contributed by atoms with Crippen molar-refractivity contribution < 1.29 is 19.0 Å². The second kappa shape index (κ2) is 11.5. The number of aromatic nitrogens is 1. The van der Waals surface area contributed by atoms with Crippen molar-refractivity contribution in [3.63, 3.8) is 0 Å². The monoisotopic (exact) mass is 619 g/mol. The lowest BCUT2D eigenvalue weighted by Gasteiger charge is -2.26. The van der Waals surface area contributed by atoms with Crippen LogP contribution >= 0.6 is 27.3 Å². The maximum atomic E-state index is 14.0. The summed E-state index contributed by atoms with van der Waals surface area (Å²) in [5, 5.41) is 2.96. The first kappa shape index (κ1) is 27.4. The highest BCUT2D eigenvalue weighted by molar-refractivity contribution is 9.10. The zero-order valence-electron chi connectivity index (χ0n) is 22.2. The number of hydrogen-bond acceptors (Lipinski definition) is 7. The van der Waals surface area contributed by atoms with Crippen molar-refractivity contribution in [2.75, 3.05) is 26.6 Å². The third kappa shape index (κ3) is 5.20. The Balaban J connectivity index is 1.71. The summed E-state index contributed by atoms with van der Waals surface area (Å²) in [5.41, 5.74) is 2.67. The van der Waals surface area contributed by atoms with Crippen LogP contribution in [0.1, 0.15) is 24.1 Å². The molecule has 1 N–H and O–H groups in total. The molecule has 1 aromatic heterocycles. The quantitative estimate of drug-likeness (QED) is 0.325. The minimum absolute atomic E-state index is 0.268. The SMILES string of the molecule is COc1ccc([C@@H]2C(C(=O)Nc3ccccc3)=C(C)N=c3s/c(=C\c4ccc(OC)c(Br)c4)c(=O)n32)c(OC)c1. The van der Waals surface area contributed by atoms with Crippen molar-refractivity contribution in [1.82, 2.24) is 4.57 Å². The standard InChI is InChI=1S/C30H26BrN3O5S/c1-17-26(28(35)33-19-8-6-5-7-9-19)27(21-12-11-20(37-2)16-24(21)39-4)34-29(36)25(40-30(34)32-17)15-18-10-13-23(38-3)22(31)14-18/h5-16,27H,1-4H3,(H,33,35)/b25-15-/t27-/m1/s1. The van der Waals surface area contributed by atoms with Gasteiger partial charge in [0, 0.05) is 17.3 Å². The van der Waals surface area contributed by atoms with Gasteiger partial charge in [0.05, 0.1) is 41.6 Å². The summed E-state index contributed by atoms with van der Waals surface area (Å²) >= 11 is 4.77. The molecular weight excluding hydrogens is 594 g/mol. The summed E-state index contributed by atoms with van der Waals surface area (Å²) in [6.45, 7) is 1.78. The Morgan fingerprint density at radius 3 is 2.42 bits per heavy atom. The van der Waals surface area contributed by atoms with Gasteiger partial charge in [-0.05, 0) is 70.9 Å². The van der Waals surface area contributed by atoms with E-state index in [0.717, 1.165) is 10.0 Å². The number of ether oxygens (including phenoxy) is 3. The predicted molar refractivity (Wildman–Crippen MR) is 159 cm³/mol. The molecule has 1 aliphatic heterocycles. The van der Waals surface area contributed by atoms with Gasteiger partial charge in [0.1, 0.15) is 23.3 Å². The van der Waals surface area contributed by atoms with E-state index in [2.05, 4.69) is 21.2 Å². The lowest BCUT2D eigenvalue weighted by Crippen LogP contribution is -2.40. The van der Waals surface area contributed by atoms with E-state index in [1.807, 2.05) is 42.5 Å². The number of carbonyl (C=O) groups excluding carboxylic acids is 1. The van der Waals surface area contributed by atoms with Gasteiger partial charge in [-0.25, -0.2) is 4.99 Å². The highest BCUT2D eigenvalue weighted by Gasteiger charge is 2.34. The van der Waals surface area contributed by atoms with E-state index in [-0.39, 0.29) is 11.5 Å². The number of halogens is 1. The molecule has 8 nitrogen and oxygen atoms in total. The molecule has 0 saturated carbocycles. The molecule has 1 aliphatic rings. The Kier molecular flexibility index (Phi) is 7.90. The van der Waals surface area contributed by atoms with Gasteiger partial charge in [0.2, 0.25) is 0 Å². The third-order valence-corrected chi connectivity index (χ3v) is 8.11. The molecule has 1 amide bonds. The van der Waals surface area contributed by atoms with Gasteiger partial charge >= 0.3 is 0 Å². The van der Waals surface area contributed by atoms with Crippen LogP contribution in [0.25, 0.3) is 6.08 Å². The number of fused-ring (bicyclic) bond motifs is 1. The molecule has 0 bridgehead atoms. The summed E-state index contributed by atoms with van der Waals surface area (Å²) in [7, 11) is 4.71. The first-order valence-electron chi connectivity index (χ1n) is 12.3. The van der Waals surface area contributed by atoms with Crippen LogP contribution in [0.2, 0.25) is 0 Å². The van der Waals surface area contributed by atoms with Crippen LogP contribution in [0, 0.1) is 0 Å². The number of nitrogens with one attached hydrogen (secondary N) is 1. The van der Waals surface area contributed by atoms with Crippen LogP contribution in [0.3, 0.4) is 0 Å². The van der Waals surface area contributed by atoms with E-state index in [1.54, 1.807) is 63.2 Å². The summed E-state index contributed by atoms with van der Waals surface area (Å²) in [4.78, 5) is 33.0. The molecule has 0 aliphatic carbocycles. The molecule has 0 fully saturated rings. The molecule has 40 heavy (non-hydrogen) atoms. The van der Waals surface area contributed by atoms with Crippen LogP contribution in [-0.4, -0.2) is 31.8 Å². The van der Waals surface area contributed by atoms with Crippen LogP contribution < -0.4 is 34.4 Å². The maximum Gasteiger partial charge on any atom is 0.271 e. The van der Waals surface area contributed by atoms with Crippen molar-refractivity contribution in [2.45, 2.75) is 13.0 Å². The Morgan fingerprint density at radius 1 is 1.00 bits per heavy atom. The molecule has 2 heterocycles. The van der Waals surface area contributed by atoms with Crippen molar-refractivity contribution in [2.24, 2.45) is 4.99 Å². The fraction of sp³-hybridized carbons (Fsp3) is 0.167. The van der Waals surface area contributed by atoms with Gasteiger partial charge in [-0.1, -0.05) is 35.6 Å². The van der Waals surface area contributed by atoms with Crippen LogP contribution in [0.5, 0.6) is 17.2 Å². The molecule has 4 aromatic rings. The highest BCUT2D eigenvalue weighted by Crippen LogP contribution is 2.37. The van der Waals surface area contributed by atoms with Gasteiger partial charge in [-0.15, -0.1) is 0 Å². The van der Waals surface area contributed by atoms with Crippen LogP contribution in [0.4, 0.5) is 5.69 Å². The average Bonchev–Trinajstić information content (AvgIpc) is 3.26. The number of methoxy groups -OCH3 is 3. The molecule has 1 atom stereocenters. The zero-order chi connectivity index (χ0) is 28.4. The topological polar surface area (TPSA) is 91.2 Å². The lowest BCUT2D eigenvalue weighted by molar-refractivity contribution is -0.113. The van der Waals surface area contributed by atoms with Gasteiger partial charge in [-0.2, -0.15) is 0 Å². The summed E-state index contributed by atoms with van der Waals surface area (Å²) in [6.07, 6.45) is 1.80. The van der Waals surface area contributed by atoms with Crippen molar-refractivity contribution in [3.05, 3.63) is 113 Å². The largest absolute Gasteiger partial charge is 0.497 e. The normalized spacial score (nSPS) is 14.8. The van der Waals surface area contributed by atoms with Crippen molar-refractivity contribution >= 4 is 44.9 Å². The van der Waals surface area contributed by atoms with Gasteiger partial charge in [-0.3, -0.25) is 14.2 Å². The molecule has 0 spiro atoms.